The summed E-state index contributed by atoms with van der Waals surface area (Å²) in [7, 11) is 0. The fourth-order valence-electron chi connectivity index (χ4n) is 2.21. The lowest BCUT2D eigenvalue weighted by Gasteiger charge is -2.08. The lowest BCUT2D eigenvalue weighted by Crippen LogP contribution is -2.29. The van der Waals surface area contributed by atoms with Gasteiger partial charge in [-0.2, -0.15) is 0 Å². The van der Waals surface area contributed by atoms with Crippen LogP contribution in [0.3, 0.4) is 0 Å². The molecule has 0 fully saturated rings. The Kier molecular flexibility index (Phi) is 4.40. The van der Waals surface area contributed by atoms with Crippen LogP contribution in [-0.4, -0.2) is 27.1 Å². The molecule has 2 heterocycles. The molecule has 0 saturated heterocycles. The minimum atomic E-state index is -0.193. The van der Waals surface area contributed by atoms with E-state index in [4.69, 9.17) is 11.6 Å². The highest BCUT2D eigenvalue weighted by Gasteiger charge is 2.19. The van der Waals surface area contributed by atoms with Gasteiger partial charge < -0.3 is 5.32 Å². The number of nitrogens with one attached hydrogen (secondary N) is 1. The number of rotatable bonds is 4. The molecular weight excluding hydrogens is 320 g/mol. The predicted octanol–water partition coefficient (Wildman–Crippen LogP) is 4.17. The van der Waals surface area contributed by atoms with Crippen LogP contribution in [0.15, 0.2) is 29.6 Å². The normalized spacial score (nSPS) is 11.0. The second-order valence-electron chi connectivity index (χ2n) is 4.83. The number of hydrogen-bond acceptors (Lipinski definition) is 4. The fourth-order valence-corrected chi connectivity index (χ4v) is 2.95. The molecule has 0 aliphatic heterocycles. The van der Waals surface area contributed by atoms with Crippen molar-refractivity contribution in [3.05, 3.63) is 34.1 Å². The van der Waals surface area contributed by atoms with Gasteiger partial charge in [0.05, 0.1) is 11.0 Å². The number of imidazole rings is 1. The molecule has 0 atom stereocenters. The predicted molar refractivity (Wildman–Crippen MR) is 89.6 cm³/mol. The first kappa shape index (κ1) is 15.0. The minimum absolute atomic E-state index is 0.193. The number of thiazole rings is 1. The van der Waals surface area contributed by atoms with Crippen molar-refractivity contribution in [2.24, 2.45) is 0 Å². The summed E-state index contributed by atoms with van der Waals surface area (Å²) in [6.07, 6.45) is 1.97. The zero-order valence-electron chi connectivity index (χ0n) is 12.0. The summed E-state index contributed by atoms with van der Waals surface area (Å²) in [6.45, 7) is 2.72. The van der Waals surface area contributed by atoms with Gasteiger partial charge in [-0.15, -0.1) is 11.3 Å². The molecule has 1 aromatic carbocycles. The fraction of sp³-hybridized carbons (Fsp3) is 0.267. The number of para-hydroxylation sites is 2. The molecule has 3 aromatic rings. The monoisotopic (exact) mass is 334 g/mol. The Bertz CT molecular complexity index is 811. The second kappa shape index (κ2) is 6.46. The van der Waals surface area contributed by atoms with Crippen LogP contribution in [0.1, 0.15) is 19.8 Å². The van der Waals surface area contributed by atoms with E-state index in [1.165, 1.54) is 11.3 Å². The second-order valence-corrected chi connectivity index (χ2v) is 6.27. The van der Waals surface area contributed by atoms with E-state index in [2.05, 4.69) is 22.2 Å². The number of aromatic nitrogens is 3. The van der Waals surface area contributed by atoms with E-state index >= 15 is 0 Å². The summed E-state index contributed by atoms with van der Waals surface area (Å²) in [5, 5.41) is 4.73. The van der Waals surface area contributed by atoms with Crippen molar-refractivity contribution in [2.45, 2.75) is 19.8 Å². The van der Waals surface area contributed by atoms with Crippen molar-refractivity contribution in [2.75, 3.05) is 6.54 Å². The van der Waals surface area contributed by atoms with Crippen molar-refractivity contribution in [3.63, 3.8) is 0 Å². The van der Waals surface area contributed by atoms with E-state index in [9.17, 15) is 4.79 Å². The average molecular weight is 335 g/mol. The molecule has 7 heteroatoms. The molecule has 0 spiro atoms. The van der Waals surface area contributed by atoms with Gasteiger partial charge in [0.1, 0.15) is 5.69 Å². The van der Waals surface area contributed by atoms with E-state index in [-0.39, 0.29) is 6.03 Å². The van der Waals surface area contributed by atoms with Gasteiger partial charge in [-0.05, 0) is 18.6 Å². The summed E-state index contributed by atoms with van der Waals surface area (Å²) in [6, 6.07) is 7.34. The molecular formula is C15H15ClN4OS. The Hall–Kier alpha value is -1.92. The van der Waals surface area contributed by atoms with Crippen LogP contribution in [0.2, 0.25) is 4.47 Å². The van der Waals surface area contributed by atoms with Crippen LogP contribution in [0, 0.1) is 0 Å². The summed E-state index contributed by atoms with van der Waals surface area (Å²) in [4.78, 5) is 21.3. The maximum Gasteiger partial charge on any atom is 0.327 e. The Balaban J connectivity index is 2.07. The number of halogens is 1. The van der Waals surface area contributed by atoms with Gasteiger partial charge in [0, 0.05) is 11.9 Å². The van der Waals surface area contributed by atoms with E-state index < -0.39 is 0 Å². The summed E-state index contributed by atoms with van der Waals surface area (Å²) < 4.78 is 2.00. The number of benzene rings is 1. The first-order valence-electron chi connectivity index (χ1n) is 7.07. The Labute approximate surface area is 137 Å². The van der Waals surface area contributed by atoms with E-state index in [1.807, 2.05) is 24.3 Å². The zero-order valence-corrected chi connectivity index (χ0v) is 13.6. The van der Waals surface area contributed by atoms with Gasteiger partial charge in [-0.1, -0.05) is 37.1 Å². The van der Waals surface area contributed by atoms with E-state index in [1.54, 1.807) is 9.95 Å². The molecule has 0 saturated carbocycles. The Morgan fingerprint density at radius 2 is 2.18 bits per heavy atom. The molecule has 0 unspecified atom stereocenters. The third kappa shape index (κ3) is 2.84. The summed E-state index contributed by atoms with van der Waals surface area (Å²) in [5.74, 6) is 0.512. The molecule has 0 aliphatic rings. The van der Waals surface area contributed by atoms with Crippen molar-refractivity contribution >= 4 is 40.0 Å². The summed E-state index contributed by atoms with van der Waals surface area (Å²) >= 11 is 7.23. The standard InChI is InChI=1S/C15H15ClN4OS/c1-2-3-8-17-15(21)20-12-7-5-4-6-10(12)18-13(20)11-9-22-14(16)19-11/h4-7,9H,2-3,8H2,1H3,(H,17,21). The van der Waals surface area contributed by atoms with Crippen LogP contribution in [-0.2, 0) is 0 Å². The van der Waals surface area contributed by atoms with Crippen molar-refractivity contribution in [3.8, 4) is 11.5 Å². The van der Waals surface area contributed by atoms with Gasteiger partial charge in [0.2, 0.25) is 0 Å². The molecule has 5 nitrogen and oxygen atoms in total. The molecule has 0 bridgehead atoms. The number of carbonyl (C=O) groups excluding carboxylic acids is 1. The molecule has 0 aliphatic carbocycles. The quantitative estimate of drug-likeness (QED) is 0.728. The first-order valence-corrected chi connectivity index (χ1v) is 8.33. The van der Waals surface area contributed by atoms with Gasteiger partial charge >= 0.3 is 6.03 Å². The smallest absolute Gasteiger partial charge is 0.327 e. The van der Waals surface area contributed by atoms with E-state index in [0.717, 1.165) is 23.9 Å². The highest BCUT2D eigenvalue weighted by molar-refractivity contribution is 7.14. The van der Waals surface area contributed by atoms with Crippen LogP contribution in [0.5, 0.6) is 0 Å². The third-order valence-corrected chi connectivity index (χ3v) is 4.25. The Morgan fingerprint density at radius 3 is 2.91 bits per heavy atom. The molecule has 3 rings (SSSR count). The van der Waals surface area contributed by atoms with Crippen LogP contribution < -0.4 is 5.32 Å². The maximum absolute atomic E-state index is 12.6. The number of fused-ring (bicyclic) bond motifs is 1. The Morgan fingerprint density at radius 1 is 1.36 bits per heavy atom. The van der Waals surface area contributed by atoms with Crippen LogP contribution in [0.25, 0.3) is 22.6 Å². The number of amides is 1. The summed E-state index contributed by atoms with van der Waals surface area (Å²) in [5.41, 5.74) is 2.12. The molecule has 2 aromatic heterocycles. The van der Waals surface area contributed by atoms with E-state index in [0.29, 0.717) is 22.5 Å². The first-order chi connectivity index (χ1) is 10.7. The van der Waals surface area contributed by atoms with Gasteiger partial charge in [0.25, 0.3) is 0 Å². The van der Waals surface area contributed by atoms with Gasteiger partial charge in [-0.3, -0.25) is 0 Å². The van der Waals surface area contributed by atoms with Crippen LogP contribution >= 0.6 is 22.9 Å². The van der Waals surface area contributed by atoms with Gasteiger partial charge in [-0.25, -0.2) is 19.3 Å². The van der Waals surface area contributed by atoms with Gasteiger partial charge in [0.15, 0.2) is 10.3 Å². The topological polar surface area (TPSA) is 59.8 Å². The molecule has 114 valence electrons. The van der Waals surface area contributed by atoms with Crippen molar-refractivity contribution < 1.29 is 4.79 Å². The highest BCUT2D eigenvalue weighted by Crippen LogP contribution is 2.27. The molecule has 0 radical (unpaired) electrons. The number of nitrogens with zero attached hydrogens (tertiary/aromatic N) is 3. The number of hydrogen-bond donors (Lipinski definition) is 1. The number of carbonyl (C=O) groups is 1. The zero-order chi connectivity index (χ0) is 15.5. The molecule has 1 N–H and O–H groups in total. The average Bonchev–Trinajstić information content (AvgIpc) is 3.10. The minimum Gasteiger partial charge on any atom is -0.337 e. The third-order valence-electron chi connectivity index (χ3n) is 3.28. The van der Waals surface area contributed by atoms with Crippen molar-refractivity contribution in [1.29, 1.82) is 0 Å². The van der Waals surface area contributed by atoms with Crippen molar-refractivity contribution in [1.82, 2.24) is 19.9 Å². The lowest BCUT2D eigenvalue weighted by molar-refractivity contribution is 0.243. The van der Waals surface area contributed by atoms with Crippen LogP contribution in [0.4, 0.5) is 4.79 Å². The largest absolute Gasteiger partial charge is 0.337 e. The molecule has 22 heavy (non-hydrogen) atoms. The molecule has 1 amide bonds. The number of unbranched alkanes of at least 4 members (excludes halogenated alkanes) is 1. The lowest BCUT2D eigenvalue weighted by atomic mass is 10.3. The SMILES string of the molecule is CCCCNC(=O)n1c(-c2csc(Cl)n2)nc2ccccc21. The highest BCUT2D eigenvalue weighted by atomic mass is 35.5. The maximum atomic E-state index is 12.6.